The molecule has 3 heterocycles. The summed E-state index contributed by atoms with van der Waals surface area (Å²) in [6, 6.07) is 15.2. The van der Waals surface area contributed by atoms with E-state index in [0.717, 1.165) is 16.1 Å². The number of hydrogen-bond acceptors (Lipinski definition) is 5. The van der Waals surface area contributed by atoms with E-state index in [-0.39, 0.29) is 11.9 Å². The number of aromatic amines is 1. The first-order valence-electron chi connectivity index (χ1n) is 8.09. The summed E-state index contributed by atoms with van der Waals surface area (Å²) in [6.45, 7) is 0.435. The van der Waals surface area contributed by atoms with Crippen molar-refractivity contribution in [2.24, 2.45) is 0 Å². The standard InChI is InChI=1S/C18H16N6OS/c25-18(15-11-14(22-23-15)17-7-4-10-26-17)21-16(12-24-19-8-9-20-24)13-5-2-1-3-6-13/h1-11,16H,12H2,(H,21,25)(H,22,23)/t16-/m0/s1. The fraction of sp³-hybridized carbons (Fsp3) is 0.111. The molecule has 0 radical (unpaired) electrons. The Morgan fingerprint density at radius 1 is 1.15 bits per heavy atom. The van der Waals surface area contributed by atoms with Crippen molar-refractivity contribution in [1.82, 2.24) is 30.5 Å². The summed E-state index contributed by atoms with van der Waals surface area (Å²) in [4.78, 5) is 15.3. The van der Waals surface area contributed by atoms with Crippen LogP contribution in [0.4, 0.5) is 0 Å². The molecular formula is C18H16N6OS. The molecular weight excluding hydrogens is 348 g/mol. The predicted octanol–water partition coefficient (Wildman–Crippen LogP) is 2.90. The van der Waals surface area contributed by atoms with E-state index >= 15 is 0 Å². The Morgan fingerprint density at radius 3 is 2.69 bits per heavy atom. The quantitative estimate of drug-likeness (QED) is 0.551. The van der Waals surface area contributed by atoms with Gasteiger partial charge in [0.1, 0.15) is 0 Å². The molecule has 0 spiro atoms. The monoisotopic (exact) mass is 364 g/mol. The number of carbonyl (C=O) groups excluding carboxylic acids is 1. The molecule has 0 fully saturated rings. The van der Waals surface area contributed by atoms with Crippen molar-refractivity contribution in [2.45, 2.75) is 12.6 Å². The van der Waals surface area contributed by atoms with E-state index < -0.39 is 0 Å². The van der Waals surface area contributed by atoms with Gasteiger partial charge in [-0.1, -0.05) is 36.4 Å². The zero-order valence-corrected chi connectivity index (χ0v) is 14.6. The molecule has 4 rings (SSSR count). The third-order valence-electron chi connectivity index (χ3n) is 3.92. The van der Waals surface area contributed by atoms with Crippen molar-refractivity contribution in [2.75, 3.05) is 0 Å². The molecule has 0 unspecified atom stereocenters. The summed E-state index contributed by atoms with van der Waals surface area (Å²) in [5, 5.41) is 20.3. The van der Waals surface area contributed by atoms with Crippen LogP contribution < -0.4 is 5.32 Å². The zero-order valence-electron chi connectivity index (χ0n) is 13.7. The van der Waals surface area contributed by atoms with Crippen LogP contribution >= 0.6 is 11.3 Å². The van der Waals surface area contributed by atoms with E-state index in [9.17, 15) is 4.79 Å². The Bertz CT molecular complexity index is 962. The van der Waals surface area contributed by atoms with E-state index in [1.807, 2.05) is 47.8 Å². The molecule has 0 aliphatic rings. The van der Waals surface area contributed by atoms with Gasteiger partial charge in [-0.3, -0.25) is 9.89 Å². The van der Waals surface area contributed by atoms with Crippen molar-refractivity contribution in [3.8, 4) is 10.6 Å². The van der Waals surface area contributed by atoms with Crippen LogP contribution in [0.5, 0.6) is 0 Å². The summed E-state index contributed by atoms with van der Waals surface area (Å²) in [6.07, 6.45) is 3.23. The molecule has 8 heteroatoms. The summed E-state index contributed by atoms with van der Waals surface area (Å²) < 4.78 is 0. The lowest BCUT2D eigenvalue weighted by Gasteiger charge is -2.18. The van der Waals surface area contributed by atoms with Crippen molar-refractivity contribution >= 4 is 17.2 Å². The highest BCUT2D eigenvalue weighted by Crippen LogP contribution is 2.23. The molecule has 130 valence electrons. The molecule has 0 aliphatic heterocycles. The van der Waals surface area contributed by atoms with Crippen LogP contribution in [0.25, 0.3) is 10.6 Å². The highest BCUT2D eigenvalue weighted by molar-refractivity contribution is 7.13. The first kappa shape index (κ1) is 16.2. The number of aromatic nitrogens is 5. The fourth-order valence-corrected chi connectivity index (χ4v) is 3.34. The van der Waals surface area contributed by atoms with Gasteiger partial charge < -0.3 is 5.32 Å². The maximum atomic E-state index is 12.7. The second-order valence-corrected chi connectivity index (χ2v) is 6.61. The lowest BCUT2D eigenvalue weighted by atomic mass is 10.1. The minimum absolute atomic E-state index is 0.245. The molecule has 0 saturated carbocycles. The van der Waals surface area contributed by atoms with Gasteiger partial charge in [-0.05, 0) is 23.1 Å². The summed E-state index contributed by atoms with van der Waals surface area (Å²) in [5.74, 6) is -0.245. The SMILES string of the molecule is O=C(N[C@@H](Cn1nccn1)c1ccccc1)c1cc(-c2cccs2)[nH]n1. The predicted molar refractivity (Wildman–Crippen MR) is 98.6 cm³/mol. The van der Waals surface area contributed by atoms with Gasteiger partial charge in [-0.25, -0.2) is 0 Å². The van der Waals surface area contributed by atoms with Gasteiger partial charge in [0.2, 0.25) is 0 Å². The lowest BCUT2D eigenvalue weighted by Crippen LogP contribution is -2.32. The van der Waals surface area contributed by atoms with E-state index in [4.69, 9.17) is 0 Å². The molecule has 2 N–H and O–H groups in total. The van der Waals surface area contributed by atoms with Crippen LogP contribution in [0.15, 0.2) is 66.3 Å². The van der Waals surface area contributed by atoms with Crippen LogP contribution in [0.3, 0.4) is 0 Å². The van der Waals surface area contributed by atoms with Gasteiger partial charge in [-0.15, -0.1) is 11.3 Å². The topological polar surface area (TPSA) is 88.5 Å². The third kappa shape index (κ3) is 3.55. The van der Waals surface area contributed by atoms with Crippen molar-refractivity contribution in [1.29, 1.82) is 0 Å². The minimum Gasteiger partial charge on any atom is -0.342 e. The number of benzene rings is 1. The molecule has 26 heavy (non-hydrogen) atoms. The smallest absolute Gasteiger partial charge is 0.272 e. The Balaban J connectivity index is 1.54. The van der Waals surface area contributed by atoms with Gasteiger partial charge in [0.15, 0.2) is 5.69 Å². The van der Waals surface area contributed by atoms with Crippen molar-refractivity contribution < 1.29 is 4.79 Å². The number of carbonyl (C=O) groups is 1. The van der Waals surface area contributed by atoms with E-state index in [1.165, 1.54) is 0 Å². The summed E-state index contributed by atoms with van der Waals surface area (Å²) >= 11 is 1.59. The van der Waals surface area contributed by atoms with Crippen LogP contribution in [0, 0.1) is 0 Å². The third-order valence-corrected chi connectivity index (χ3v) is 4.82. The molecule has 7 nitrogen and oxygen atoms in total. The number of rotatable bonds is 6. The summed E-state index contributed by atoms with van der Waals surface area (Å²) in [5.41, 5.74) is 2.16. The molecule has 1 aromatic carbocycles. The van der Waals surface area contributed by atoms with Gasteiger partial charge in [0, 0.05) is 0 Å². The average Bonchev–Trinajstić information content (AvgIpc) is 3.42. The lowest BCUT2D eigenvalue weighted by molar-refractivity contribution is 0.0925. The minimum atomic E-state index is -0.266. The van der Waals surface area contributed by atoms with Crippen LogP contribution in [-0.4, -0.2) is 31.1 Å². The number of hydrogen-bond donors (Lipinski definition) is 2. The largest absolute Gasteiger partial charge is 0.342 e. The number of H-pyrrole nitrogens is 1. The van der Waals surface area contributed by atoms with E-state index in [1.54, 1.807) is 34.6 Å². The highest BCUT2D eigenvalue weighted by atomic mass is 32.1. The Morgan fingerprint density at radius 2 is 1.96 bits per heavy atom. The van der Waals surface area contributed by atoms with Gasteiger partial charge in [0.25, 0.3) is 5.91 Å². The molecule has 0 bridgehead atoms. The zero-order chi connectivity index (χ0) is 17.8. The van der Waals surface area contributed by atoms with Crippen LogP contribution in [0.1, 0.15) is 22.1 Å². The average molecular weight is 364 g/mol. The first-order chi connectivity index (χ1) is 12.8. The summed E-state index contributed by atoms with van der Waals surface area (Å²) in [7, 11) is 0. The van der Waals surface area contributed by atoms with Crippen LogP contribution in [-0.2, 0) is 6.54 Å². The number of nitrogens with zero attached hydrogens (tertiary/aromatic N) is 4. The molecule has 1 amide bonds. The maximum Gasteiger partial charge on any atom is 0.272 e. The second-order valence-electron chi connectivity index (χ2n) is 5.66. The fourth-order valence-electron chi connectivity index (χ4n) is 2.65. The molecule has 0 saturated heterocycles. The first-order valence-corrected chi connectivity index (χ1v) is 8.97. The highest BCUT2D eigenvalue weighted by Gasteiger charge is 2.19. The van der Waals surface area contributed by atoms with Crippen molar-refractivity contribution in [3.63, 3.8) is 0 Å². The normalized spacial score (nSPS) is 12.0. The maximum absolute atomic E-state index is 12.7. The van der Waals surface area contributed by atoms with E-state index in [0.29, 0.717) is 12.2 Å². The van der Waals surface area contributed by atoms with Gasteiger partial charge >= 0.3 is 0 Å². The van der Waals surface area contributed by atoms with Crippen molar-refractivity contribution in [3.05, 3.63) is 77.6 Å². The molecule has 1 atom stereocenters. The molecule has 0 aliphatic carbocycles. The number of amides is 1. The van der Waals surface area contributed by atoms with Gasteiger partial charge in [0.05, 0.1) is 35.6 Å². The Hall–Kier alpha value is -3.26. The Kier molecular flexibility index (Phi) is 4.57. The molecule has 3 aromatic heterocycles. The number of thiophene rings is 1. The van der Waals surface area contributed by atoms with Gasteiger partial charge in [-0.2, -0.15) is 20.1 Å². The molecule has 4 aromatic rings. The van der Waals surface area contributed by atoms with E-state index in [2.05, 4.69) is 25.7 Å². The van der Waals surface area contributed by atoms with Crippen LogP contribution in [0.2, 0.25) is 0 Å². The Labute approximate surface area is 153 Å². The number of nitrogens with one attached hydrogen (secondary N) is 2. The second kappa shape index (κ2) is 7.32.